The fourth-order valence-corrected chi connectivity index (χ4v) is 3.00. The second-order valence-electron chi connectivity index (χ2n) is 6.02. The summed E-state index contributed by atoms with van der Waals surface area (Å²) in [7, 11) is 0. The van der Waals surface area contributed by atoms with E-state index in [1.165, 1.54) is 18.3 Å². The number of pyridine rings is 1. The number of aliphatic hydroxyl groups excluding tert-OH is 1. The molecule has 0 aliphatic carbocycles. The number of aliphatic hydroxyl groups is 1. The van der Waals surface area contributed by atoms with E-state index in [2.05, 4.69) is 20.2 Å². The number of aromatic amines is 1. The molecule has 0 aliphatic heterocycles. The lowest BCUT2D eigenvalue weighted by atomic mass is 10.1. The topological polar surface area (TPSA) is 79.6 Å². The number of benzene rings is 1. The Morgan fingerprint density at radius 1 is 1.22 bits per heavy atom. The highest BCUT2D eigenvalue weighted by atomic mass is 19.4. The summed E-state index contributed by atoms with van der Waals surface area (Å²) in [5.41, 5.74) is 2.38. The number of halogens is 3. The van der Waals surface area contributed by atoms with Crippen molar-refractivity contribution in [2.45, 2.75) is 13.1 Å². The quantitative estimate of drug-likeness (QED) is 0.575. The Labute approximate surface area is 151 Å². The first kappa shape index (κ1) is 17.2. The van der Waals surface area contributed by atoms with E-state index in [9.17, 15) is 13.2 Å². The van der Waals surface area contributed by atoms with Crippen LogP contribution < -0.4 is 0 Å². The molecule has 4 rings (SSSR count). The summed E-state index contributed by atoms with van der Waals surface area (Å²) in [4.78, 5) is 8.02. The number of H-pyrrole nitrogens is 1. The number of alkyl halides is 3. The van der Waals surface area contributed by atoms with Gasteiger partial charge in [-0.1, -0.05) is 12.2 Å². The van der Waals surface area contributed by atoms with E-state index in [0.717, 1.165) is 4.57 Å². The Hall–Kier alpha value is -3.20. The Bertz CT molecular complexity index is 1170. The van der Waals surface area contributed by atoms with Crippen molar-refractivity contribution < 1.29 is 18.3 Å². The van der Waals surface area contributed by atoms with E-state index in [-0.39, 0.29) is 23.5 Å². The molecule has 2 N–H and O–H groups in total. The van der Waals surface area contributed by atoms with Gasteiger partial charge >= 0.3 is 6.18 Å². The van der Waals surface area contributed by atoms with Crippen LogP contribution in [0.25, 0.3) is 33.8 Å². The highest BCUT2D eigenvalue weighted by Crippen LogP contribution is 2.34. The molecule has 0 saturated carbocycles. The maximum Gasteiger partial charge on any atom is 0.450 e. The summed E-state index contributed by atoms with van der Waals surface area (Å²) in [6.45, 7) is 1.52. The fourth-order valence-electron chi connectivity index (χ4n) is 3.00. The van der Waals surface area contributed by atoms with E-state index in [4.69, 9.17) is 5.11 Å². The van der Waals surface area contributed by atoms with E-state index in [1.807, 2.05) is 0 Å². The van der Waals surface area contributed by atoms with Crippen molar-refractivity contribution in [2.75, 3.05) is 6.61 Å². The van der Waals surface area contributed by atoms with Gasteiger partial charge in [-0.2, -0.15) is 18.3 Å². The third-order valence-electron chi connectivity index (χ3n) is 4.12. The average molecular weight is 373 g/mol. The minimum atomic E-state index is -4.65. The molecule has 138 valence electrons. The van der Waals surface area contributed by atoms with Gasteiger partial charge in [-0.25, -0.2) is 9.97 Å². The van der Waals surface area contributed by atoms with Gasteiger partial charge in [0.05, 0.1) is 24.0 Å². The van der Waals surface area contributed by atoms with Crippen LogP contribution in [0.3, 0.4) is 0 Å². The molecule has 3 heterocycles. The van der Waals surface area contributed by atoms with E-state index >= 15 is 0 Å². The molecule has 6 nitrogen and oxygen atoms in total. The van der Waals surface area contributed by atoms with Crippen LogP contribution in [0, 0.1) is 6.92 Å². The number of rotatable bonds is 3. The van der Waals surface area contributed by atoms with Gasteiger partial charge in [0.15, 0.2) is 5.65 Å². The lowest BCUT2D eigenvalue weighted by molar-refractivity contribution is -0.145. The highest BCUT2D eigenvalue weighted by molar-refractivity contribution is 5.89. The molecule has 0 spiro atoms. The minimum Gasteiger partial charge on any atom is -0.392 e. The Morgan fingerprint density at radius 2 is 2.04 bits per heavy atom. The first-order chi connectivity index (χ1) is 12.9. The molecule has 0 saturated heterocycles. The summed E-state index contributed by atoms with van der Waals surface area (Å²) < 4.78 is 42.0. The zero-order valence-electron chi connectivity index (χ0n) is 14.1. The molecule has 1 aromatic carbocycles. The number of nitrogens with zero attached hydrogens (tertiary/aromatic N) is 4. The van der Waals surface area contributed by atoms with Gasteiger partial charge in [0.1, 0.15) is 5.52 Å². The summed E-state index contributed by atoms with van der Waals surface area (Å²) in [5, 5.41) is 16.4. The van der Waals surface area contributed by atoms with Crippen molar-refractivity contribution in [3.05, 3.63) is 53.6 Å². The van der Waals surface area contributed by atoms with Crippen LogP contribution in [-0.4, -0.2) is 36.4 Å². The van der Waals surface area contributed by atoms with Crippen molar-refractivity contribution >= 4 is 28.1 Å². The SMILES string of the molecule is Cc1ccc2nc(C(F)(F)F)n(-c3cc(/C=C/CO)c4[nH]ncc4c3)c2n1. The minimum absolute atomic E-state index is 0.127. The van der Waals surface area contributed by atoms with Crippen LogP contribution in [0.1, 0.15) is 17.1 Å². The van der Waals surface area contributed by atoms with Gasteiger partial charge in [0.2, 0.25) is 5.82 Å². The molecule has 0 amide bonds. The number of hydrogen-bond donors (Lipinski definition) is 2. The first-order valence-electron chi connectivity index (χ1n) is 8.06. The summed E-state index contributed by atoms with van der Waals surface area (Å²) in [6.07, 6.45) is -0.00517. The van der Waals surface area contributed by atoms with Gasteiger partial charge in [-0.15, -0.1) is 0 Å². The molecule has 27 heavy (non-hydrogen) atoms. The van der Waals surface area contributed by atoms with Crippen LogP contribution >= 0.6 is 0 Å². The third kappa shape index (κ3) is 2.95. The Kier molecular flexibility index (Phi) is 3.96. The van der Waals surface area contributed by atoms with Crippen LogP contribution in [0.5, 0.6) is 0 Å². The fraction of sp³-hybridized carbons (Fsp3) is 0.167. The standard InChI is InChI=1S/C18H14F3N5O/c1-10-4-5-14-16(23-10)26(17(24-14)18(19,20)21)13-7-11(3-2-6-27)15-12(8-13)9-22-25-15/h2-5,7-9,27H,6H2,1H3,(H,22,25)/b3-2+. The summed E-state index contributed by atoms with van der Waals surface area (Å²) >= 11 is 0. The van der Waals surface area contributed by atoms with Crippen LogP contribution in [0.4, 0.5) is 13.2 Å². The molecule has 0 aliphatic rings. The molecular formula is C18H14F3N5O. The van der Waals surface area contributed by atoms with Crippen LogP contribution in [0.15, 0.2) is 36.5 Å². The number of nitrogens with one attached hydrogen (secondary N) is 1. The summed E-state index contributed by atoms with van der Waals surface area (Å²) in [6, 6.07) is 6.31. The number of imidazole rings is 1. The normalized spacial score (nSPS) is 12.6. The third-order valence-corrected chi connectivity index (χ3v) is 4.12. The van der Waals surface area contributed by atoms with E-state index in [0.29, 0.717) is 22.2 Å². The predicted molar refractivity (Wildman–Crippen MR) is 94.4 cm³/mol. The highest BCUT2D eigenvalue weighted by Gasteiger charge is 2.38. The number of fused-ring (bicyclic) bond motifs is 2. The molecule has 3 aromatic heterocycles. The Morgan fingerprint density at radius 3 is 2.78 bits per heavy atom. The molecule has 0 unspecified atom stereocenters. The van der Waals surface area contributed by atoms with Crippen molar-refractivity contribution in [2.24, 2.45) is 0 Å². The van der Waals surface area contributed by atoms with Crippen molar-refractivity contribution in [1.29, 1.82) is 0 Å². The largest absolute Gasteiger partial charge is 0.450 e. The van der Waals surface area contributed by atoms with Crippen molar-refractivity contribution in [3.8, 4) is 5.69 Å². The van der Waals surface area contributed by atoms with Gasteiger partial charge < -0.3 is 5.11 Å². The van der Waals surface area contributed by atoms with Gasteiger partial charge in [-0.3, -0.25) is 9.67 Å². The maximum absolute atomic E-state index is 13.7. The molecule has 0 bridgehead atoms. The first-order valence-corrected chi connectivity index (χ1v) is 8.06. The lowest BCUT2D eigenvalue weighted by Gasteiger charge is -2.12. The average Bonchev–Trinajstić information content (AvgIpc) is 3.22. The number of aryl methyl sites for hydroxylation is 1. The zero-order valence-corrected chi connectivity index (χ0v) is 14.1. The molecule has 9 heteroatoms. The molecular weight excluding hydrogens is 359 g/mol. The number of aromatic nitrogens is 5. The second kappa shape index (κ2) is 6.20. The van der Waals surface area contributed by atoms with Gasteiger partial charge in [0, 0.05) is 16.6 Å². The molecule has 0 fully saturated rings. The van der Waals surface area contributed by atoms with Gasteiger partial charge in [0.25, 0.3) is 0 Å². The second-order valence-corrected chi connectivity index (χ2v) is 6.02. The van der Waals surface area contributed by atoms with Crippen molar-refractivity contribution in [3.63, 3.8) is 0 Å². The smallest absolute Gasteiger partial charge is 0.392 e. The monoisotopic (exact) mass is 373 g/mol. The predicted octanol–water partition coefficient (Wildman–Crippen LogP) is 3.63. The molecule has 0 radical (unpaired) electrons. The van der Waals surface area contributed by atoms with E-state index in [1.54, 1.807) is 31.2 Å². The number of hydrogen-bond acceptors (Lipinski definition) is 4. The lowest BCUT2D eigenvalue weighted by Crippen LogP contribution is -2.14. The Balaban J connectivity index is 2.07. The van der Waals surface area contributed by atoms with E-state index < -0.39 is 12.0 Å². The van der Waals surface area contributed by atoms with Crippen LogP contribution in [0.2, 0.25) is 0 Å². The molecule has 4 aromatic rings. The van der Waals surface area contributed by atoms with Crippen LogP contribution in [-0.2, 0) is 6.18 Å². The van der Waals surface area contributed by atoms with Crippen molar-refractivity contribution in [1.82, 2.24) is 24.7 Å². The maximum atomic E-state index is 13.7. The summed E-state index contributed by atoms with van der Waals surface area (Å²) in [5.74, 6) is -1.05. The van der Waals surface area contributed by atoms with Gasteiger partial charge in [-0.05, 0) is 31.2 Å². The molecule has 0 atom stereocenters. The zero-order chi connectivity index (χ0) is 19.2.